The molecule has 0 aromatic heterocycles. The van der Waals surface area contributed by atoms with E-state index >= 15 is 0 Å². The summed E-state index contributed by atoms with van der Waals surface area (Å²) < 4.78 is 0. The predicted molar refractivity (Wildman–Crippen MR) is 120 cm³/mol. The molecule has 0 fully saturated rings. The molecule has 1 N–H and O–H groups in total. The van der Waals surface area contributed by atoms with E-state index in [4.69, 9.17) is 4.84 Å². The van der Waals surface area contributed by atoms with Gasteiger partial charge in [-0.2, -0.15) is 0 Å². The number of nitro benzene ring substituents is 2. The maximum Gasteiger partial charge on any atom is 0.321 e. The summed E-state index contributed by atoms with van der Waals surface area (Å²) >= 11 is 0. The minimum atomic E-state index is -0.760. The van der Waals surface area contributed by atoms with Gasteiger partial charge in [-0.05, 0) is 48.2 Å². The predicted octanol–water partition coefficient (Wildman–Crippen LogP) is 5.29. The van der Waals surface area contributed by atoms with Gasteiger partial charge in [-0.15, -0.1) is 0 Å². The topological polar surface area (TPSA) is 128 Å². The van der Waals surface area contributed by atoms with Crippen molar-refractivity contribution in [2.75, 3.05) is 0 Å². The molecule has 3 aromatic rings. The summed E-state index contributed by atoms with van der Waals surface area (Å²) in [5, 5.41) is 35.9. The number of nitrogens with zero attached hydrogens (tertiary/aromatic N) is 3. The van der Waals surface area contributed by atoms with Gasteiger partial charge < -0.3 is 9.94 Å². The van der Waals surface area contributed by atoms with Crippen LogP contribution in [0.25, 0.3) is 6.08 Å². The van der Waals surface area contributed by atoms with Crippen LogP contribution >= 0.6 is 0 Å². The molecule has 0 aliphatic heterocycles. The van der Waals surface area contributed by atoms with Crippen molar-refractivity contribution in [3.8, 4) is 11.5 Å². The molecule has 9 heteroatoms. The zero-order chi connectivity index (χ0) is 22.9. The van der Waals surface area contributed by atoms with Crippen LogP contribution in [-0.4, -0.2) is 20.7 Å². The molecular formula is C23H19N3O6. The summed E-state index contributed by atoms with van der Waals surface area (Å²) in [7, 11) is 0. The molecule has 0 saturated carbocycles. The maximum absolute atomic E-state index is 11.3. The molecule has 0 atom stereocenters. The summed E-state index contributed by atoms with van der Waals surface area (Å²) in [6, 6.07) is 19.4. The van der Waals surface area contributed by atoms with Crippen LogP contribution in [0, 0.1) is 20.2 Å². The van der Waals surface area contributed by atoms with E-state index in [1.165, 1.54) is 0 Å². The van der Waals surface area contributed by atoms with E-state index in [1.807, 2.05) is 42.5 Å². The van der Waals surface area contributed by atoms with Crippen molar-refractivity contribution in [2.45, 2.75) is 12.8 Å². The monoisotopic (exact) mass is 433 g/mol. The van der Waals surface area contributed by atoms with Gasteiger partial charge in [0.1, 0.15) is 5.75 Å². The molecule has 0 heterocycles. The minimum absolute atomic E-state index is 0.151. The number of non-ortho nitro benzene ring substituents is 1. The summed E-state index contributed by atoms with van der Waals surface area (Å²) in [5.41, 5.74) is 1.33. The molecule has 162 valence electrons. The Morgan fingerprint density at radius 1 is 0.969 bits per heavy atom. The van der Waals surface area contributed by atoms with E-state index in [2.05, 4.69) is 5.16 Å². The van der Waals surface area contributed by atoms with Gasteiger partial charge in [0.15, 0.2) is 0 Å². The fraction of sp³-hybridized carbons (Fsp3) is 0.0870. The van der Waals surface area contributed by atoms with Crippen LogP contribution in [0.1, 0.15) is 17.5 Å². The fourth-order valence-corrected chi connectivity index (χ4v) is 2.85. The molecule has 0 spiro atoms. The Morgan fingerprint density at radius 2 is 1.75 bits per heavy atom. The van der Waals surface area contributed by atoms with Crippen molar-refractivity contribution in [2.24, 2.45) is 5.16 Å². The molecule has 0 amide bonds. The van der Waals surface area contributed by atoms with E-state index in [0.717, 1.165) is 29.3 Å². The van der Waals surface area contributed by atoms with Crippen molar-refractivity contribution in [3.63, 3.8) is 0 Å². The Bertz CT molecular complexity index is 1180. The lowest BCUT2D eigenvalue weighted by Crippen LogP contribution is -2.02. The van der Waals surface area contributed by atoms with Crippen LogP contribution in [0.3, 0.4) is 0 Å². The second kappa shape index (κ2) is 10.5. The Kier molecular flexibility index (Phi) is 7.26. The number of phenols is 1. The molecule has 0 radical (unpaired) electrons. The first kappa shape index (κ1) is 22.2. The van der Waals surface area contributed by atoms with Crippen molar-refractivity contribution >= 4 is 23.2 Å². The average molecular weight is 433 g/mol. The third-order valence-electron chi connectivity index (χ3n) is 4.46. The molecule has 0 aliphatic carbocycles. The van der Waals surface area contributed by atoms with Crippen molar-refractivity contribution in [1.82, 2.24) is 0 Å². The highest BCUT2D eigenvalue weighted by atomic mass is 16.7. The highest BCUT2D eigenvalue weighted by Gasteiger charge is 2.21. The highest BCUT2D eigenvalue weighted by molar-refractivity contribution is 5.98. The van der Waals surface area contributed by atoms with E-state index < -0.39 is 21.2 Å². The second-order valence-corrected chi connectivity index (χ2v) is 6.75. The summed E-state index contributed by atoms with van der Waals surface area (Å²) in [6.07, 6.45) is 4.52. The van der Waals surface area contributed by atoms with E-state index in [0.29, 0.717) is 18.6 Å². The SMILES string of the molecule is O=[N+]([O-])c1ccc(O/N=C(\C=C\c2ccccc2)CCc2cccc(O)c2)c([N+](=O)[O-])c1. The zero-order valence-corrected chi connectivity index (χ0v) is 16.8. The standard InChI is InChI=1S/C23H19N3O6/c27-21-8-4-7-18(15-21)10-12-19(11-9-17-5-2-1-3-6-17)24-32-23-14-13-20(25(28)29)16-22(23)26(30)31/h1-9,11,13-16,27H,10,12H2/b11-9+,24-19+. The molecular weight excluding hydrogens is 414 g/mol. The normalized spacial score (nSPS) is 11.4. The number of aromatic hydroxyl groups is 1. The summed E-state index contributed by atoms with van der Waals surface area (Å²) in [6.45, 7) is 0. The number of benzene rings is 3. The van der Waals surface area contributed by atoms with E-state index in [9.17, 15) is 25.3 Å². The van der Waals surface area contributed by atoms with Crippen molar-refractivity contribution in [3.05, 3.63) is 110 Å². The molecule has 0 aliphatic rings. The lowest BCUT2D eigenvalue weighted by Gasteiger charge is -2.05. The quantitative estimate of drug-likeness (QED) is 0.277. The number of phenolic OH excluding ortho intramolecular Hbond substituents is 1. The summed E-state index contributed by atoms with van der Waals surface area (Å²) in [4.78, 5) is 26.1. The van der Waals surface area contributed by atoms with Crippen LogP contribution in [0.2, 0.25) is 0 Å². The van der Waals surface area contributed by atoms with Crippen molar-refractivity contribution in [1.29, 1.82) is 0 Å². The third-order valence-corrected chi connectivity index (χ3v) is 4.46. The Hall–Kier alpha value is -4.53. The molecule has 0 saturated heterocycles. The van der Waals surface area contributed by atoms with Crippen LogP contribution in [0.15, 0.2) is 84.0 Å². The first-order chi connectivity index (χ1) is 15.4. The van der Waals surface area contributed by atoms with Gasteiger partial charge in [0.25, 0.3) is 5.69 Å². The largest absolute Gasteiger partial charge is 0.508 e. The number of hydrogen-bond acceptors (Lipinski definition) is 7. The number of rotatable bonds is 9. The number of nitro groups is 2. The molecule has 32 heavy (non-hydrogen) atoms. The minimum Gasteiger partial charge on any atom is -0.508 e. The van der Waals surface area contributed by atoms with E-state index in [1.54, 1.807) is 24.3 Å². The lowest BCUT2D eigenvalue weighted by atomic mass is 10.1. The zero-order valence-electron chi connectivity index (χ0n) is 16.8. The summed E-state index contributed by atoms with van der Waals surface area (Å²) in [5.74, 6) is -0.0536. The Morgan fingerprint density at radius 3 is 2.44 bits per heavy atom. The van der Waals surface area contributed by atoms with Crippen LogP contribution in [0.5, 0.6) is 11.5 Å². The van der Waals surface area contributed by atoms with Gasteiger partial charge >= 0.3 is 5.69 Å². The second-order valence-electron chi connectivity index (χ2n) is 6.75. The van der Waals surface area contributed by atoms with Crippen LogP contribution in [0.4, 0.5) is 11.4 Å². The van der Waals surface area contributed by atoms with Gasteiger partial charge in [0.05, 0.1) is 21.6 Å². The average Bonchev–Trinajstić information content (AvgIpc) is 2.79. The molecule has 0 bridgehead atoms. The van der Waals surface area contributed by atoms with Gasteiger partial charge in [-0.3, -0.25) is 20.2 Å². The molecule has 3 rings (SSSR count). The fourth-order valence-electron chi connectivity index (χ4n) is 2.85. The first-order valence-corrected chi connectivity index (χ1v) is 9.60. The van der Waals surface area contributed by atoms with Gasteiger partial charge in [-0.25, -0.2) is 0 Å². The Balaban J connectivity index is 1.85. The maximum atomic E-state index is 11.3. The number of oxime groups is 1. The molecule has 9 nitrogen and oxygen atoms in total. The smallest absolute Gasteiger partial charge is 0.321 e. The van der Waals surface area contributed by atoms with Crippen molar-refractivity contribution < 1.29 is 19.8 Å². The first-order valence-electron chi connectivity index (χ1n) is 9.60. The van der Waals surface area contributed by atoms with Gasteiger partial charge in [0, 0.05) is 6.07 Å². The van der Waals surface area contributed by atoms with Gasteiger partial charge in [0.2, 0.25) is 5.75 Å². The number of aryl methyl sites for hydroxylation is 1. The molecule has 3 aromatic carbocycles. The van der Waals surface area contributed by atoms with Gasteiger partial charge in [-0.1, -0.05) is 53.7 Å². The highest BCUT2D eigenvalue weighted by Crippen LogP contribution is 2.31. The number of allylic oxidation sites excluding steroid dienone is 1. The third kappa shape index (κ3) is 6.23. The Labute approximate surface area is 183 Å². The molecule has 0 unspecified atom stereocenters. The lowest BCUT2D eigenvalue weighted by molar-refractivity contribution is -0.394. The van der Waals surface area contributed by atoms with E-state index in [-0.39, 0.29) is 11.5 Å². The van der Waals surface area contributed by atoms with Crippen LogP contribution in [-0.2, 0) is 6.42 Å². The van der Waals surface area contributed by atoms with Crippen LogP contribution < -0.4 is 4.84 Å². The number of hydrogen-bond donors (Lipinski definition) is 1.